The van der Waals surface area contributed by atoms with E-state index in [-0.39, 0.29) is 0 Å². The van der Waals surface area contributed by atoms with Gasteiger partial charge in [0.1, 0.15) is 5.15 Å². The molecule has 0 radical (unpaired) electrons. The van der Waals surface area contributed by atoms with Crippen LogP contribution in [0, 0.1) is 0 Å². The Labute approximate surface area is 175 Å². The first-order valence-electron chi connectivity index (χ1n) is 7.03. The molecule has 2 heterocycles. The lowest BCUT2D eigenvalue weighted by Crippen LogP contribution is -1.87. The molecule has 4 aromatic rings. The molecule has 0 aliphatic rings. The summed E-state index contributed by atoms with van der Waals surface area (Å²) < 4.78 is 5.09. The van der Waals surface area contributed by atoms with Crippen LogP contribution in [-0.2, 0) is 14.1 Å². The molecule has 0 spiro atoms. The summed E-state index contributed by atoms with van der Waals surface area (Å²) in [5.41, 5.74) is 1.73. The van der Waals surface area contributed by atoms with Gasteiger partial charge >= 0.3 is 0 Å². The zero-order chi connectivity index (χ0) is 18.3. The van der Waals surface area contributed by atoms with E-state index in [9.17, 15) is 0 Å². The maximum absolute atomic E-state index is 6.06. The molecule has 4 nitrogen and oxygen atoms in total. The molecule has 0 N–H and O–H groups in total. The van der Waals surface area contributed by atoms with Gasteiger partial charge in [0.15, 0.2) is 0 Å². The summed E-state index contributed by atoms with van der Waals surface area (Å²) in [6.45, 7) is 0. The van der Waals surface area contributed by atoms with Crippen LogP contribution in [0.15, 0.2) is 39.4 Å². The molecule has 0 unspecified atom stereocenters. The third kappa shape index (κ3) is 3.69. The van der Waals surface area contributed by atoms with Crippen LogP contribution in [0.25, 0.3) is 21.8 Å². The van der Waals surface area contributed by atoms with Gasteiger partial charge in [-0.1, -0.05) is 34.8 Å². The molecule has 9 heteroatoms. The zero-order valence-corrected chi connectivity index (χ0v) is 18.5. The summed E-state index contributed by atoms with van der Waals surface area (Å²) in [5, 5.41) is 12.1. The Morgan fingerprint density at radius 3 is 2.12 bits per heavy atom. The Morgan fingerprint density at radius 2 is 1.44 bits per heavy atom. The normalized spacial score (nSPS) is 11.0. The molecule has 25 heavy (non-hydrogen) atoms. The third-order valence-electron chi connectivity index (χ3n) is 3.51. The van der Waals surface area contributed by atoms with Crippen LogP contribution in [0.2, 0.25) is 15.2 Å². The van der Waals surface area contributed by atoms with E-state index in [0.717, 1.165) is 35.8 Å². The average molecular weight is 525 g/mol. The van der Waals surface area contributed by atoms with Gasteiger partial charge in [-0.2, -0.15) is 10.2 Å². The Bertz CT molecular complexity index is 1090. The smallest absolute Gasteiger partial charge is 0.136 e. The minimum absolute atomic E-state index is 0.557. The highest BCUT2D eigenvalue weighted by molar-refractivity contribution is 9.10. The van der Waals surface area contributed by atoms with Crippen LogP contribution in [-0.4, -0.2) is 19.6 Å². The molecule has 0 aliphatic carbocycles. The predicted octanol–water partition coefficient (Wildman–Crippen LogP) is 6.63. The number of hydrogen-bond donors (Lipinski definition) is 0. The van der Waals surface area contributed by atoms with Gasteiger partial charge in [0.2, 0.25) is 0 Å². The van der Waals surface area contributed by atoms with Gasteiger partial charge in [-0.15, -0.1) is 0 Å². The van der Waals surface area contributed by atoms with Crippen molar-refractivity contribution < 1.29 is 0 Å². The Hall–Kier alpha value is -0.790. The molecule has 0 saturated carbocycles. The summed E-state index contributed by atoms with van der Waals surface area (Å²) in [6, 6.07) is 7.56. The fourth-order valence-electron chi connectivity index (χ4n) is 2.34. The number of aryl methyl sites for hydroxylation is 2. The zero-order valence-electron chi connectivity index (χ0n) is 13.1. The largest absolute Gasteiger partial charge is 0.275 e. The third-order valence-corrected chi connectivity index (χ3v) is 6.52. The summed E-state index contributed by atoms with van der Waals surface area (Å²) in [6.07, 6.45) is 1.91. The number of nitrogens with zero attached hydrogens (tertiary/aromatic N) is 4. The molecular formula is C16H11Br2Cl3N4. The average Bonchev–Trinajstić information content (AvgIpc) is 3.09. The van der Waals surface area contributed by atoms with Gasteiger partial charge in [0, 0.05) is 34.6 Å². The van der Waals surface area contributed by atoms with E-state index in [2.05, 4.69) is 42.1 Å². The van der Waals surface area contributed by atoms with Gasteiger partial charge in [-0.05, 0) is 56.1 Å². The molecular weight excluding hydrogens is 514 g/mol. The van der Waals surface area contributed by atoms with Crippen LogP contribution < -0.4 is 0 Å². The van der Waals surface area contributed by atoms with Crippen molar-refractivity contribution in [3.8, 4) is 0 Å². The molecule has 130 valence electrons. The van der Waals surface area contributed by atoms with E-state index in [1.54, 1.807) is 16.4 Å². The molecule has 0 bridgehead atoms. The standard InChI is InChI=1S/C8H5BrCl2N2.C8H6BrClN2/c1-13-8(11)6-5(12-13)3-2-4(9)7(6)10;1-12-4-5-7(11-12)3-2-6(9)8(5)10/h2-3H,1H3;2-4H,1H3. The van der Waals surface area contributed by atoms with Crippen LogP contribution in [0.3, 0.4) is 0 Å². The van der Waals surface area contributed by atoms with Crippen LogP contribution >= 0.6 is 66.7 Å². The lowest BCUT2D eigenvalue weighted by Gasteiger charge is -1.96. The Kier molecular flexibility index (Phi) is 5.66. The van der Waals surface area contributed by atoms with Crippen molar-refractivity contribution in [3.05, 3.63) is 54.6 Å². The van der Waals surface area contributed by atoms with Crippen molar-refractivity contribution in [1.82, 2.24) is 19.6 Å². The van der Waals surface area contributed by atoms with Gasteiger partial charge in [-0.3, -0.25) is 9.36 Å². The maximum Gasteiger partial charge on any atom is 0.136 e. The lowest BCUT2D eigenvalue weighted by atomic mass is 10.2. The van der Waals surface area contributed by atoms with E-state index in [1.807, 2.05) is 37.5 Å². The van der Waals surface area contributed by atoms with Gasteiger partial charge in [0.25, 0.3) is 0 Å². The second-order valence-corrected chi connectivity index (χ2v) is 8.09. The lowest BCUT2D eigenvalue weighted by molar-refractivity contribution is 0.780. The SMILES string of the molecule is Cn1cc2c(Cl)c(Br)ccc2n1.Cn1nc2ccc(Br)c(Cl)c2c1Cl. The molecule has 0 saturated heterocycles. The predicted molar refractivity (Wildman–Crippen MR) is 112 cm³/mol. The van der Waals surface area contributed by atoms with Crippen LogP contribution in [0.4, 0.5) is 0 Å². The first-order valence-corrected chi connectivity index (χ1v) is 9.75. The van der Waals surface area contributed by atoms with E-state index < -0.39 is 0 Å². The number of hydrogen-bond acceptors (Lipinski definition) is 2. The van der Waals surface area contributed by atoms with Gasteiger partial charge < -0.3 is 0 Å². The van der Waals surface area contributed by atoms with E-state index in [4.69, 9.17) is 34.8 Å². The van der Waals surface area contributed by atoms with E-state index in [0.29, 0.717) is 10.2 Å². The van der Waals surface area contributed by atoms with Crippen LogP contribution in [0.1, 0.15) is 0 Å². The van der Waals surface area contributed by atoms with Gasteiger partial charge in [-0.25, -0.2) is 0 Å². The highest BCUT2D eigenvalue weighted by atomic mass is 79.9. The maximum atomic E-state index is 6.06. The topological polar surface area (TPSA) is 35.6 Å². The van der Waals surface area contributed by atoms with Crippen molar-refractivity contribution in [2.24, 2.45) is 14.1 Å². The van der Waals surface area contributed by atoms with Crippen molar-refractivity contribution in [2.45, 2.75) is 0 Å². The second kappa shape index (κ2) is 7.45. The van der Waals surface area contributed by atoms with Crippen molar-refractivity contribution in [3.63, 3.8) is 0 Å². The molecule has 2 aromatic heterocycles. The molecule has 0 aliphatic heterocycles. The number of rotatable bonds is 0. The molecule has 2 aromatic carbocycles. The minimum atomic E-state index is 0.557. The quantitative estimate of drug-likeness (QED) is 0.258. The summed E-state index contributed by atoms with van der Waals surface area (Å²) in [4.78, 5) is 0. The molecule has 0 amide bonds. The fraction of sp³-hybridized carbons (Fsp3) is 0.125. The number of fused-ring (bicyclic) bond motifs is 2. The first kappa shape index (κ1) is 19.0. The minimum Gasteiger partial charge on any atom is -0.275 e. The van der Waals surface area contributed by atoms with E-state index >= 15 is 0 Å². The summed E-state index contributed by atoms with van der Waals surface area (Å²) in [5.74, 6) is 0. The Morgan fingerprint density at radius 1 is 0.840 bits per heavy atom. The number of aromatic nitrogens is 4. The number of benzene rings is 2. The molecule has 0 atom stereocenters. The van der Waals surface area contributed by atoms with Crippen LogP contribution in [0.5, 0.6) is 0 Å². The first-order chi connectivity index (χ1) is 11.8. The molecule has 0 fully saturated rings. The van der Waals surface area contributed by atoms with Gasteiger partial charge in [0.05, 0.1) is 26.5 Å². The Balaban J connectivity index is 0.000000146. The monoisotopic (exact) mass is 522 g/mol. The van der Waals surface area contributed by atoms with Crippen molar-refractivity contribution >= 4 is 88.5 Å². The fourth-order valence-corrected chi connectivity index (χ4v) is 3.75. The van der Waals surface area contributed by atoms with Crippen molar-refractivity contribution in [1.29, 1.82) is 0 Å². The number of halogens is 5. The summed E-state index contributed by atoms with van der Waals surface area (Å²) >= 11 is 24.8. The molecule has 4 rings (SSSR count). The summed E-state index contributed by atoms with van der Waals surface area (Å²) in [7, 11) is 3.66. The van der Waals surface area contributed by atoms with Crippen molar-refractivity contribution in [2.75, 3.05) is 0 Å². The highest BCUT2D eigenvalue weighted by Crippen LogP contribution is 2.35. The highest BCUT2D eigenvalue weighted by Gasteiger charge is 2.12. The second-order valence-electron chi connectivity index (χ2n) is 5.27. The van der Waals surface area contributed by atoms with E-state index in [1.165, 1.54) is 0 Å².